The van der Waals surface area contributed by atoms with Crippen molar-refractivity contribution in [1.82, 2.24) is 0 Å². The van der Waals surface area contributed by atoms with E-state index in [0.29, 0.717) is 6.61 Å². The summed E-state index contributed by atoms with van der Waals surface area (Å²) in [5.74, 6) is 0.212. The lowest BCUT2D eigenvalue weighted by molar-refractivity contribution is 0.00451. The molecule has 0 unspecified atom stereocenters. The topological polar surface area (TPSA) is 9.23 Å². The zero-order valence-electron chi connectivity index (χ0n) is 5.06. The molecule has 0 radical (unpaired) electrons. The molecule has 1 nitrogen and oxygen atoms in total. The van der Waals surface area contributed by atoms with E-state index in [-0.39, 0.29) is 7.34 Å². The van der Waals surface area contributed by atoms with E-state index in [1.165, 1.54) is 0 Å². The van der Waals surface area contributed by atoms with Gasteiger partial charge in [0.2, 0.25) is 0 Å². The molecule has 1 saturated heterocycles. The van der Waals surface area contributed by atoms with Gasteiger partial charge in [-0.3, -0.25) is 0 Å². The molecule has 1 aliphatic heterocycles. The third kappa shape index (κ3) is 1.19. The summed E-state index contributed by atoms with van der Waals surface area (Å²) in [4.78, 5) is 0. The third-order valence-corrected chi connectivity index (χ3v) is 1.61. The van der Waals surface area contributed by atoms with E-state index in [2.05, 4.69) is 0 Å². The van der Waals surface area contributed by atoms with Crippen LogP contribution in [0.1, 0.15) is 14.8 Å². The summed E-state index contributed by atoms with van der Waals surface area (Å²) in [6, 6.07) is 0. The maximum Gasteiger partial charge on any atom is 0.126 e. The first kappa shape index (κ1) is 6.02. The molecule has 8 heavy (non-hydrogen) atoms. The van der Waals surface area contributed by atoms with Gasteiger partial charge in [-0.25, -0.2) is 4.39 Å². The lowest BCUT2D eigenvalue weighted by Crippen LogP contribution is -2.26. The highest BCUT2D eigenvalue weighted by Gasteiger charge is 2.20. The normalized spacial score (nSPS) is 39.8. The minimum absolute atomic E-state index is 0. The van der Waals surface area contributed by atoms with Crippen molar-refractivity contribution in [3.8, 4) is 0 Å². The first-order valence-corrected chi connectivity index (χ1v) is 3.02. The molecule has 0 spiro atoms. The van der Waals surface area contributed by atoms with E-state index in [0.717, 1.165) is 13.0 Å². The van der Waals surface area contributed by atoms with Crippen molar-refractivity contribution in [2.24, 2.45) is 5.92 Å². The van der Waals surface area contributed by atoms with E-state index >= 15 is 0 Å². The minimum Gasteiger partial charge on any atom is -0.378 e. The van der Waals surface area contributed by atoms with Crippen molar-refractivity contribution >= 4 is 0 Å². The van der Waals surface area contributed by atoms with Gasteiger partial charge in [0.25, 0.3) is 0 Å². The molecule has 1 aliphatic rings. The van der Waals surface area contributed by atoms with Crippen LogP contribution >= 0.6 is 0 Å². The summed E-state index contributed by atoms with van der Waals surface area (Å²) in [6.07, 6.45) is 0.157. The molecule has 0 aromatic rings. The van der Waals surface area contributed by atoms with Crippen LogP contribution in [0.25, 0.3) is 0 Å². The summed E-state index contributed by atoms with van der Waals surface area (Å²) in [6.45, 7) is 2.97. The molecule has 1 heterocycles. The van der Waals surface area contributed by atoms with E-state index < -0.39 is 6.17 Å². The average molecular weight is 120 g/mol. The minimum atomic E-state index is -0.719. The number of halogens is 1. The third-order valence-electron chi connectivity index (χ3n) is 1.61. The van der Waals surface area contributed by atoms with Gasteiger partial charge in [0, 0.05) is 8.03 Å². The second-order valence-electron chi connectivity index (χ2n) is 2.36. The number of rotatable bonds is 0. The van der Waals surface area contributed by atoms with E-state index in [4.69, 9.17) is 4.74 Å². The second-order valence-corrected chi connectivity index (χ2v) is 2.36. The maximum absolute atomic E-state index is 12.5. The first-order chi connectivity index (χ1) is 3.80. The zero-order chi connectivity index (χ0) is 5.98. The molecule has 1 rings (SSSR count). The average Bonchev–Trinajstić information content (AvgIpc) is 1.77. The summed E-state index contributed by atoms with van der Waals surface area (Å²) < 4.78 is 17.3. The fourth-order valence-electron chi connectivity index (χ4n) is 0.810. The van der Waals surface area contributed by atoms with Crippen molar-refractivity contribution in [2.45, 2.75) is 19.5 Å². The van der Waals surface area contributed by atoms with Crippen molar-refractivity contribution < 1.29 is 10.6 Å². The Bertz CT molecular complexity index is 69.5. The van der Waals surface area contributed by atoms with Crippen LogP contribution < -0.4 is 0 Å². The Labute approximate surface area is 50.3 Å². The van der Waals surface area contributed by atoms with E-state index in [1.54, 1.807) is 0 Å². The van der Waals surface area contributed by atoms with Crippen LogP contribution in [0, 0.1) is 5.92 Å². The summed E-state index contributed by atoms with van der Waals surface area (Å²) in [7, 11) is 0. The Morgan fingerprint density at radius 3 is 2.88 bits per heavy atom. The van der Waals surface area contributed by atoms with Gasteiger partial charge < -0.3 is 4.74 Å². The molecule has 0 bridgehead atoms. The fourth-order valence-corrected chi connectivity index (χ4v) is 0.810. The fraction of sp³-hybridized carbons (Fsp3) is 1.00. The van der Waals surface area contributed by atoms with Crippen LogP contribution in [-0.2, 0) is 4.74 Å². The highest BCUT2D eigenvalue weighted by molar-refractivity contribution is 4.67. The van der Waals surface area contributed by atoms with E-state index in [1.807, 2.05) is 6.92 Å². The highest BCUT2D eigenvalue weighted by Crippen LogP contribution is 2.16. The van der Waals surface area contributed by atoms with Gasteiger partial charge in [-0.2, -0.15) is 0 Å². The lowest BCUT2D eigenvalue weighted by Gasteiger charge is -2.21. The van der Waals surface area contributed by atoms with Crippen molar-refractivity contribution in [3.05, 3.63) is 0 Å². The molecule has 0 N–H and O–H groups in total. The van der Waals surface area contributed by atoms with Gasteiger partial charge >= 0.3 is 0 Å². The quantitative estimate of drug-likeness (QED) is 0.472. The first-order valence-electron chi connectivity index (χ1n) is 3.02. The molecule has 2 atom stereocenters. The molecule has 0 aliphatic carbocycles. The predicted octanol–water partition coefficient (Wildman–Crippen LogP) is 1.63. The van der Waals surface area contributed by atoms with Crippen molar-refractivity contribution in [1.29, 1.82) is 0 Å². The standard InChI is InChI=1S/C6H11FO.H2/c1-5-2-3-8-4-6(5)7;/h5-6H,2-4H2,1H3;1H/t5-,6+;/m0./s1. The molecular formula is C6H13FO. The number of ether oxygens (including phenoxy) is 1. The zero-order valence-corrected chi connectivity index (χ0v) is 5.06. The Kier molecular flexibility index (Phi) is 1.84. The summed E-state index contributed by atoms with van der Waals surface area (Å²) >= 11 is 0. The Balaban J connectivity index is 0.000000640. The summed E-state index contributed by atoms with van der Waals surface area (Å²) in [5, 5.41) is 0. The van der Waals surface area contributed by atoms with Crippen LogP contribution in [0.15, 0.2) is 0 Å². The van der Waals surface area contributed by atoms with Gasteiger partial charge in [0.1, 0.15) is 6.17 Å². The smallest absolute Gasteiger partial charge is 0.126 e. The van der Waals surface area contributed by atoms with Crippen LogP contribution in [0.3, 0.4) is 0 Å². The van der Waals surface area contributed by atoms with Gasteiger partial charge in [0.05, 0.1) is 6.61 Å². The lowest BCUT2D eigenvalue weighted by atomic mass is 10.0. The SMILES string of the molecule is C[C@H]1CCOC[C@H]1F.[HH]. The molecule has 0 amide bonds. The molecule has 0 aromatic carbocycles. The number of alkyl halides is 1. The van der Waals surface area contributed by atoms with Gasteiger partial charge in [-0.15, -0.1) is 0 Å². The number of hydrogen-bond acceptors (Lipinski definition) is 1. The maximum atomic E-state index is 12.5. The summed E-state index contributed by atoms with van der Waals surface area (Å²) in [5.41, 5.74) is 0. The van der Waals surface area contributed by atoms with Crippen LogP contribution in [0.2, 0.25) is 0 Å². The Morgan fingerprint density at radius 1 is 1.75 bits per heavy atom. The number of hydrogen-bond donors (Lipinski definition) is 0. The van der Waals surface area contributed by atoms with E-state index in [9.17, 15) is 4.39 Å². The largest absolute Gasteiger partial charge is 0.378 e. The Morgan fingerprint density at radius 2 is 2.50 bits per heavy atom. The van der Waals surface area contributed by atoms with Gasteiger partial charge in [0.15, 0.2) is 0 Å². The molecule has 0 saturated carbocycles. The van der Waals surface area contributed by atoms with Crippen LogP contribution in [-0.4, -0.2) is 19.4 Å². The molecule has 1 fully saturated rings. The second kappa shape index (κ2) is 2.44. The monoisotopic (exact) mass is 120 g/mol. The molecule has 0 aromatic heterocycles. The van der Waals surface area contributed by atoms with Gasteiger partial charge in [-0.05, 0) is 12.3 Å². The molecule has 50 valence electrons. The Hall–Kier alpha value is -0.110. The molecular weight excluding hydrogens is 107 g/mol. The predicted molar refractivity (Wildman–Crippen MR) is 31.6 cm³/mol. The highest BCUT2D eigenvalue weighted by atomic mass is 19.1. The van der Waals surface area contributed by atoms with Crippen LogP contribution in [0.4, 0.5) is 4.39 Å². The van der Waals surface area contributed by atoms with Crippen molar-refractivity contribution in [2.75, 3.05) is 13.2 Å². The van der Waals surface area contributed by atoms with Gasteiger partial charge in [-0.1, -0.05) is 6.92 Å². The van der Waals surface area contributed by atoms with Crippen molar-refractivity contribution in [3.63, 3.8) is 0 Å². The molecule has 2 heteroatoms. The van der Waals surface area contributed by atoms with Crippen LogP contribution in [0.5, 0.6) is 0 Å².